The standard InChI is InChI=1S/C23H26N4O2/c1-17(2)27(16-18-9-5-4-6-10-18)22-15-24-20(14-25-22)23(28)26-13-19-11-7-8-12-21(19)29-3/h4-12,14-15,17H,13,16H2,1-3H3,(H,26,28). The molecule has 2 aromatic carbocycles. The highest BCUT2D eigenvalue weighted by Gasteiger charge is 2.15. The van der Waals surface area contributed by atoms with Gasteiger partial charge in [0.25, 0.3) is 5.91 Å². The van der Waals surface area contributed by atoms with E-state index in [1.165, 1.54) is 11.8 Å². The molecule has 150 valence electrons. The van der Waals surface area contributed by atoms with Gasteiger partial charge < -0.3 is 15.0 Å². The molecule has 1 amide bonds. The van der Waals surface area contributed by atoms with Crippen molar-refractivity contribution in [2.75, 3.05) is 12.0 Å². The summed E-state index contributed by atoms with van der Waals surface area (Å²) in [6.07, 6.45) is 3.17. The minimum Gasteiger partial charge on any atom is -0.496 e. The largest absolute Gasteiger partial charge is 0.496 e. The lowest BCUT2D eigenvalue weighted by atomic mass is 10.2. The molecule has 0 unspecified atom stereocenters. The van der Waals surface area contributed by atoms with Gasteiger partial charge in [-0.1, -0.05) is 48.5 Å². The molecule has 0 atom stereocenters. The zero-order valence-corrected chi connectivity index (χ0v) is 17.0. The van der Waals surface area contributed by atoms with Gasteiger partial charge in [-0.3, -0.25) is 4.79 Å². The Morgan fingerprint density at radius 2 is 1.76 bits per heavy atom. The number of amides is 1. The average molecular weight is 390 g/mol. The van der Waals surface area contributed by atoms with Crippen molar-refractivity contribution >= 4 is 11.7 Å². The predicted molar refractivity (Wildman–Crippen MR) is 114 cm³/mol. The topological polar surface area (TPSA) is 67.3 Å². The molecule has 3 rings (SSSR count). The van der Waals surface area contributed by atoms with Crippen molar-refractivity contribution in [2.45, 2.75) is 33.0 Å². The summed E-state index contributed by atoms with van der Waals surface area (Å²) in [6.45, 7) is 5.31. The van der Waals surface area contributed by atoms with E-state index < -0.39 is 0 Å². The van der Waals surface area contributed by atoms with Crippen molar-refractivity contribution in [2.24, 2.45) is 0 Å². The Kier molecular flexibility index (Phi) is 6.79. The molecule has 6 heteroatoms. The summed E-state index contributed by atoms with van der Waals surface area (Å²) in [6, 6.07) is 18.0. The van der Waals surface area contributed by atoms with Crippen LogP contribution in [0.1, 0.15) is 35.5 Å². The van der Waals surface area contributed by atoms with Gasteiger partial charge in [-0.15, -0.1) is 0 Å². The predicted octanol–water partition coefficient (Wildman–Crippen LogP) is 3.83. The maximum Gasteiger partial charge on any atom is 0.271 e. The van der Waals surface area contributed by atoms with E-state index in [9.17, 15) is 4.79 Å². The first kappa shape index (κ1) is 20.3. The molecule has 1 heterocycles. The second-order valence-corrected chi connectivity index (χ2v) is 6.96. The zero-order chi connectivity index (χ0) is 20.6. The van der Waals surface area contributed by atoms with E-state index >= 15 is 0 Å². The fourth-order valence-corrected chi connectivity index (χ4v) is 3.01. The fraction of sp³-hybridized carbons (Fsp3) is 0.261. The number of ether oxygens (including phenoxy) is 1. The molecule has 0 fully saturated rings. The van der Waals surface area contributed by atoms with Crippen molar-refractivity contribution < 1.29 is 9.53 Å². The van der Waals surface area contributed by atoms with Crippen LogP contribution in [0.2, 0.25) is 0 Å². The SMILES string of the molecule is COc1ccccc1CNC(=O)c1cnc(N(Cc2ccccc2)C(C)C)cn1. The quantitative estimate of drug-likeness (QED) is 0.633. The van der Waals surface area contributed by atoms with Crippen LogP contribution in [0.25, 0.3) is 0 Å². The molecule has 0 aliphatic heterocycles. The molecule has 0 radical (unpaired) electrons. The molecule has 29 heavy (non-hydrogen) atoms. The summed E-state index contributed by atoms with van der Waals surface area (Å²) in [7, 11) is 1.61. The first-order valence-electron chi connectivity index (χ1n) is 9.61. The van der Waals surface area contributed by atoms with E-state index in [0.29, 0.717) is 6.54 Å². The highest BCUT2D eigenvalue weighted by Crippen LogP contribution is 2.18. The molecule has 1 N–H and O–H groups in total. The van der Waals surface area contributed by atoms with Crippen LogP contribution in [0.3, 0.4) is 0 Å². The number of hydrogen-bond donors (Lipinski definition) is 1. The van der Waals surface area contributed by atoms with Crippen molar-refractivity contribution in [1.29, 1.82) is 0 Å². The summed E-state index contributed by atoms with van der Waals surface area (Å²) < 4.78 is 5.31. The lowest BCUT2D eigenvalue weighted by molar-refractivity contribution is 0.0945. The average Bonchev–Trinajstić information content (AvgIpc) is 2.76. The zero-order valence-electron chi connectivity index (χ0n) is 17.0. The van der Waals surface area contributed by atoms with Crippen molar-refractivity contribution in [3.63, 3.8) is 0 Å². The molecule has 0 aliphatic carbocycles. The van der Waals surface area contributed by atoms with Crippen molar-refractivity contribution in [3.05, 3.63) is 83.8 Å². The first-order valence-corrected chi connectivity index (χ1v) is 9.61. The molecule has 3 aromatic rings. The molecule has 0 spiro atoms. The minimum atomic E-state index is -0.269. The van der Waals surface area contributed by atoms with Crippen LogP contribution < -0.4 is 15.0 Å². The summed E-state index contributed by atoms with van der Waals surface area (Å²) >= 11 is 0. The van der Waals surface area contributed by atoms with Gasteiger partial charge >= 0.3 is 0 Å². The second kappa shape index (κ2) is 9.68. The number of rotatable bonds is 8. The number of aromatic nitrogens is 2. The van der Waals surface area contributed by atoms with Crippen LogP contribution in [0.15, 0.2) is 67.0 Å². The monoisotopic (exact) mass is 390 g/mol. The maximum atomic E-state index is 12.5. The van der Waals surface area contributed by atoms with Crippen LogP contribution >= 0.6 is 0 Å². The summed E-state index contributed by atoms with van der Waals surface area (Å²) in [5.74, 6) is 1.21. The van der Waals surface area contributed by atoms with Gasteiger partial charge in [0.15, 0.2) is 0 Å². The van der Waals surface area contributed by atoms with Gasteiger partial charge in [0.2, 0.25) is 0 Å². The number of hydrogen-bond acceptors (Lipinski definition) is 5. The van der Waals surface area contributed by atoms with E-state index in [1.54, 1.807) is 13.3 Å². The summed E-state index contributed by atoms with van der Waals surface area (Å²) in [5, 5.41) is 2.87. The number of methoxy groups -OCH3 is 1. The Balaban J connectivity index is 1.67. The lowest BCUT2D eigenvalue weighted by Gasteiger charge is -2.27. The Morgan fingerprint density at radius 3 is 2.41 bits per heavy atom. The third-order valence-electron chi connectivity index (χ3n) is 4.62. The number of carbonyl (C=O) groups is 1. The van der Waals surface area contributed by atoms with E-state index in [2.05, 4.69) is 46.2 Å². The Labute approximate surface area is 171 Å². The molecular formula is C23H26N4O2. The maximum absolute atomic E-state index is 12.5. The number of nitrogens with one attached hydrogen (secondary N) is 1. The minimum absolute atomic E-state index is 0.245. The molecule has 1 aromatic heterocycles. The van der Waals surface area contributed by atoms with Crippen molar-refractivity contribution in [3.8, 4) is 5.75 Å². The van der Waals surface area contributed by atoms with Gasteiger partial charge in [-0.2, -0.15) is 0 Å². The van der Waals surface area contributed by atoms with Gasteiger partial charge in [-0.25, -0.2) is 9.97 Å². The van der Waals surface area contributed by atoms with Gasteiger partial charge in [0.05, 0.1) is 19.5 Å². The van der Waals surface area contributed by atoms with E-state index in [0.717, 1.165) is 23.7 Å². The lowest BCUT2D eigenvalue weighted by Crippen LogP contribution is -2.31. The van der Waals surface area contributed by atoms with Crippen LogP contribution in [0.5, 0.6) is 5.75 Å². The van der Waals surface area contributed by atoms with Crippen LogP contribution in [0.4, 0.5) is 5.82 Å². The normalized spacial score (nSPS) is 10.6. The highest BCUT2D eigenvalue weighted by atomic mass is 16.5. The molecule has 6 nitrogen and oxygen atoms in total. The molecule has 0 aliphatic rings. The van der Waals surface area contributed by atoms with Crippen LogP contribution in [-0.2, 0) is 13.1 Å². The summed E-state index contributed by atoms with van der Waals surface area (Å²) in [5.41, 5.74) is 2.38. The molecular weight excluding hydrogens is 364 g/mol. The number of nitrogens with zero attached hydrogens (tertiary/aromatic N) is 3. The number of para-hydroxylation sites is 1. The van der Waals surface area contributed by atoms with E-state index in [-0.39, 0.29) is 17.6 Å². The Bertz CT molecular complexity index is 927. The first-order chi connectivity index (χ1) is 14.1. The third kappa shape index (κ3) is 5.31. The third-order valence-corrected chi connectivity index (χ3v) is 4.62. The fourth-order valence-electron chi connectivity index (χ4n) is 3.01. The smallest absolute Gasteiger partial charge is 0.271 e. The van der Waals surface area contributed by atoms with Crippen LogP contribution in [0, 0.1) is 0 Å². The second-order valence-electron chi connectivity index (χ2n) is 6.96. The number of carbonyl (C=O) groups excluding carboxylic acids is 1. The van der Waals surface area contributed by atoms with Crippen molar-refractivity contribution in [1.82, 2.24) is 15.3 Å². The highest BCUT2D eigenvalue weighted by molar-refractivity contribution is 5.92. The summed E-state index contributed by atoms with van der Waals surface area (Å²) in [4.78, 5) is 23.4. The molecule has 0 saturated carbocycles. The van der Waals surface area contributed by atoms with Gasteiger partial charge in [0.1, 0.15) is 17.3 Å². The molecule has 0 bridgehead atoms. The van der Waals surface area contributed by atoms with Gasteiger partial charge in [0, 0.05) is 24.7 Å². The van der Waals surface area contributed by atoms with Crippen LogP contribution in [-0.4, -0.2) is 29.0 Å². The molecule has 0 saturated heterocycles. The van der Waals surface area contributed by atoms with E-state index in [4.69, 9.17) is 4.74 Å². The number of anilines is 1. The van der Waals surface area contributed by atoms with Gasteiger partial charge in [-0.05, 0) is 25.5 Å². The Hall–Kier alpha value is -3.41. The van der Waals surface area contributed by atoms with E-state index in [1.807, 2.05) is 42.5 Å². The Morgan fingerprint density at radius 1 is 1.03 bits per heavy atom. The number of benzene rings is 2.